The van der Waals surface area contributed by atoms with Gasteiger partial charge < -0.3 is 13.9 Å². The maximum Gasteiger partial charge on any atom is 0.403 e. The molecule has 3 aromatic rings. The fraction of sp³-hybridized carbons (Fsp3) is 0.389. The zero-order valence-corrected chi connectivity index (χ0v) is 18.3. The van der Waals surface area contributed by atoms with E-state index in [1.165, 1.54) is 31.5 Å². The summed E-state index contributed by atoms with van der Waals surface area (Å²) >= 11 is -2.58. The van der Waals surface area contributed by atoms with Crippen LogP contribution in [0.4, 0.5) is 8.78 Å². The van der Waals surface area contributed by atoms with E-state index < -0.39 is 26.8 Å². The lowest BCUT2D eigenvalue weighted by atomic mass is 10.3. The number of nitrogens with zero attached hydrogens (tertiary/aromatic N) is 4. The molecule has 0 aliphatic rings. The Morgan fingerprint density at radius 2 is 1.93 bits per heavy atom. The third-order valence-corrected chi connectivity index (χ3v) is 6.94. The number of ether oxygens (including phenoxy) is 1. The molecule has 0 aliphatic heterocycles. The minimum atomic E-state index is -3.68. The Labute approximate surface area is 175 Å². The molecular formula is C18H20F2N4O4S2. The number of aromatic nitrogens is 4. The van der Waals surface area contributed by atoms with Gasteiger partial charge in [0.05, 0.1) is 46.5 Å². The van der Waals surface area contributed by atoms with Gasteiger partial charge in [-0.3, -0.25) is 0 Å². The van der Waals surface area contributed by atoms with Crippen LogP contribution in [0, 0.1) is 0 Å². The van der Waals surface area contributed by atoms with Gasteiger partial charge in [0.2, 0.25) is 0 Å². The van der Waals surface area contributed by atoms with Gasteiger partial charge in [0.1, 0.15) is 16.3 Å². The van der Waals surface area contributed by atoms with Crippen LogP contribution in [0.25, 0.3) is 22.6 Å². The largest absolute Gasteiger partial charge is 0.606 e. The van der Waals surface area contributed by atoms with Crippen molar-refractivity contribution in [3.63, 3.8) is 0 Å². The standard InChI is InChI=1S/C18H20F2N4O4S2/c1-5-30(26,27)14-6-11(28-10(2)3)8-22-16(14)17-23-12-7-15(29(25)18(19)20)21-9-13(12)24(17)4/h6-10,18H,5H2,1-4H3. The van der Waals surface area contributed by atoms with Crippen molar-refractivity contribution in [3.8, 4) is 17.3 Å². The van der Waals surface area contributed by atoms with Crippen LogP contribution in [0.2, 0.25) is 0 Å². The lowest BCUT2D eigenvalue weighted by Crippen LogP contribution is -2.13. The minimum Gasteiger partial charge on any atom is -0.606 e. The van der Waals surface area contributed by atoms with Crippen LogP contribution in [-0.2, 0) is 28.1 Å². The molecule has 8 nitrogen and oxygen atoms in total. The number of sulfone groups is 1. The monoisotopic (exact) mass is 458 g/mol. The predicted molar refractivity (Wildman–Crippen MR) is 108 cm³/mol. The van der Waals surface area contributed by atoms with E-state index in [0.717, 1.165) is 0 Å². The van der Waals surface area contributed by atoms with E-state index in [1.54, 1.807) is 25.5 Å². The van der Waals surface area contributed by atoms with Gasteiger partial charge in [-0.15, -0.1) is 0 Å². The summed E-state index contributed by atoms with van der Waals surface area (Å²) in [5, 5.41) is -0.308. The van der Waals surface area contributed by atoms with Crippen LogP contribution in [0.15, 0.2) is 34.4 Å². The van der Waals surface area contributed by atoms with Gasteiger partial charge in [-0.25, -0.2) is 23.4 Å². The molecular weight excluding hydrogens is 438 g/mol. The number of imidazole rings is 1. The molecule has 3 aromatic heterocycles. The van der Waals surface area contributed by atoms with Crippen LogP contribution in [0.5, 0.6) is 5.75 Å². The Hall–Kier alpha value is -2.31. The van der Waals surface area contributed by atoms with E-state index in [-0.39, 0.29) is 38.8 Å². The van der Waals surface area contributed by atoms with Crippen LogP contribution in [0.1, 0.15) is 20.8 Å². The number of halogens is 2. The highest BCUT2D eigenvalue weighted by molar-refractivity contribution is 7.91. The summed E-state index contributed by atoms with van der Waals surface area (Å²) < 4.78 is 69.7. The average molecular weight is 459 g/mol. The van der Waals surface area contributed by atoms with Gasteiger partial charge in [-0.1, -0.05) is 6.92 Å². The normalized spacial score (nSPS) is 13.4. The van der Waals surface area contributed by atoms with Crippen molar-refractivity contribution in [1.29, 1.82) is 0 Å². The van der Waals surface area contributed by atoms with Crippen LogP contribution in [-0.4, -0.2) is 50.1 Å². The van der Waals surface area contributed by atoms with E-state index in [9.17, 15) is 21.8 Å². The van der Waals surface area contributed by atoms with Crippen molar-refractivity contribution in [2.45, 2.75) is 42.6 Å². The Balaban J connectivity index is 2.20. The fourth-order valence-corrected chi connectivity index (χ4v) is 4.42. The lowest BCUT2D eigenvalue weighted by molar-refractivity contribution is 0.234. The molecule has 0 saturated heterocycles. The summed E-state index contributed by atoms with van der Waals surface area (Å²) in [4.78, 5) is 12.4. The second-order valence-electron chi connectivity index (χ2n) is 6.65. The zero-order chi connectivity index (χ0) is 22.2. The SMILES string of the molecule is CCS(=O)(=O)c1cc(OC(C)C)cnc1-c1nc2cc([S+]([O-])C(F)F)ncc2n1C. The highest BCUT2D eigenvalue weighted by atomic mass is 32.2. The van der Waals surface area contributed by atoms with Crippen LogP contribution in [0.3, 0.4) is 0 Å². The first-order valence-corrected chi connectivity index (χ1v) is 11.8. The highest BCUT2D eigenvalue weighted by Crippen LogP contribution is 2.31. The second kappa shape index (κ2) is 8.44. The highest BCUT2D eigenvalue weighted by Gasteiger charge is 2.27. The Morgan fingerprint density at radius 3 is 2.53 bits per heavy atom. The molecule has 0 aliphatic carbocycles. The first-order chi connectivity index (χ1) is 14.0. The topological polar surface area (TPSA) is 110 Å². The zero-order valence-electron chi connectivity index (χ0n) is 16.7. The third-order valence-electron chi connectivity index (χ3n) is 4.24. The van der Waals surface area contributed by atoms with E-state index >= 15 is 0 Å². The Kier molecular flexibility index (Phi) is 6.29. The van der Waals surface area contributed by atoms with Crippen molar-refractivity contribution in [3.05, 3.63) is 24.5 Å². The van der Waals surface area contributed by atoms with Gasteiger partial charge in [-0.2, -0.15) is 8.78 Å². The molecule has 1 atom stereocenters. The molecule has 0 aromatic carbocycles. The summed E-state index contributed by atoms with van der Waals surface area (Å²) in [6.45, 7) is 5.13. The average Bonchev–Trinajstić information content (AvgIpc) is 3.02. The first kappa shape index (κ1) is 22.4. The maximum absolute atomic E-state index is 12.8. The smallest absolute Gasteiger partial charge is 0.403 e. The number of fused-ring (bicyclic) bond motifs is 1. The Bertz CT molecular complexity index is 1180. The van der Waals surface area contributed by atoms with Crippen molar-refractivity contribution < 1.29 is 26.5 Å². The molecule has 0 amide bonds. The van der Waals surface area contributed by atoms with Gasteiger partial charge >= 0.3 is 5.76 Å². The number of hydrogen-bond donors (Lipinski definition) is 0. The number of alkyl halides is 2. The van der Waals surface area contributed by atoms with E-state index in [1.807, 2.05) is 0 Å². The summed E-state index contributed by atoms with van der Waals surface area (Å²) in [5.74, 6) is -2.73. The van der Waals surface area contributed by atoms with Crippen LogP contribution >= 0.6 is 0 Å². The lowest BCUT2D eigenvalue weighted by Gasteiger charge is -2.13. The molecule has 0 radical (unpaired) electrons. The summed E-state index contributed by atoms with van der Waals surface area (Å²) in [7, 11) is -2.06. The van der Waals surface area contributed by atoms with Crippen LogP contribution < -0.4 is 4.74 Å². The number of aryl methyl sites for hydroxylation is 1. The molecule has 0 fully saturated rings. The van der Waals surface area contributed by atoms with Gasteiger partial charge in [-0.05, 0) is 13.8 Å². The third kappa shape index (κ3) is 4.25. The predicted octanol–water partition coefficient (Wildman–Crippen LogP) is 2.94. The first-order valence-electron chi connectivity index (χ1n) is 8.96. The summed E-state index contributed by atoms with van der Waals surface area (Å²) in [6.07, 6.45) is 2.50. The van der Waals surface area contributed by atoms with Gasteiger partial charge in [0.25, 0.3) is 5.03 Å². The quantitative estimate of drug-likeness (QED) is 0.501. The molecule has 0 saturated carbocycles. The molecule has 0 spiro atoms. The summed E-state index contributed by atoms with van der Waals surface area (Å²) in [6, 6.07) is 2.60. The van der Waals surface area contributed by atoms with E-state index in [0.29, 0.717) is 11.3 Å². The molecule has 3 rings (SSSR count). The molecule has 162 valence electrons. The minimum absolute atomic E-state index is 0.0501. The van der Waals surface area contributed by atoms with Crippen molar-refractivity contribution in [1.82, 2.24) is 19.5 Å². The van der Waals surface area contributed by atoms with Crippen molar-refractivity contribution >= 4 is 32.0 Å². The van der Waals surface area contributed by atoms with Gasteiger partial charge in [0.15, 0.2) is 15.7 Å². The molecule has 1 unspecified atom stereocenters. The van der Waals surface area contributed by atoms with Crippen molar-refractivity contribution in [2.24, 2.45) is 7.05 Å². The molecule has 0 bridgehead atoms. The van der Waals surface area contributed by atoms with E-state index in [2.05, 4.69) is 15.0 Å². The summed E-state index contributed by atoms with van der Waals surface area (Å²) in [5.41, 5.74) is 0.794. The molecule has 3 heterocycles. The van der Waals surface area contributed by atoms with Gasteiger partial charge in [0, 0.05) is 19.2 Å². The fourth-order valence-electron chi connectivity index (χ4n) is 2.81. The second-order valence-corrected chi connectivity index (χ2v) is 10.3. The Morgan fingerprint density at radius 1 is 1.23 bits per heavy atom. The maximum atomic E-state index is 12.8. The van der Waals surface area contributed by atoms with E-state index in [4.69, 9.17) is 4.74 Å². The molecule has 12 heteroatoms. The number of pyridine rings is 2. The number of hydrogen-bond acceptors (Lipinski definition) is 7. The number of rotatable bonds is 7. The molecule has 30 heavy (non-hydrogen) atoms. The van der Waals surface area contributed by atoms with Crippen molar-refractivity contribution in [2.75, 3.05) is 5.75 Å². The molecule has 0 N–H and O–H groups in total.